The zero-order valence-electron chi connectivity index (χ0n) is 9.17. The maximum Gasteiger partial charge on any atom is 0.391 e. The molecule has 1 aliphatic rings. The minimum Gasteiger partial charge on any atom is -0.228 e. The monoisotopic (exact) mass is 247 g/mol. The van der Waals surface area contributed by atoms with Gasteiger partial charge in [0.25, 0.3) is 0 Å². The summed E-state index contributed by atoms with van der Waals surface area (Å²) in [7, 11) is 0. The molecule has 0 radical (unpaired) electrons. The maximum absolute atomic E-state index is 13.4. The van der Waals surface area contributed by atoms with Crippen molar-refractivity contribution >= 4 is 0 Å². The largest absolute Gasteiger partial charge is 0.391 e. The molecule has 0 unspecified atom stereocenters. The molecule has 5 heteroatoms. The van der Waals surface area contributed by atoms with E-state index >= 15 is 0 Å². The average molecular weight is 247 g/mol. The fraction of sp³-hybridized carbons (Fsp3) is 0.583. The van der Waals surface area contributed by atoms with Crippen LogP contribution in [0.15, 0.2) is 18.3 Å². The summed E-state index contributed by atoms with van der Waals surface area (Å²) in [6.45, 7) is 0. The highest BCUT2D eigenvalue weighted by Gasteiger charge is 2.41. The molecule has 0 saturated heterocycles. The molecule has 0 N–H and O–H groups in total. The Balaban J connectivity index is 2.03. The Bertz CT molecular complexity index is 380. The van der Waals surface area contributed by atoms with Crippen LogP contribution in [-0.2, 0) is 0 Å². The van der Waals surface area contributed by atoms with Crippen molar-refractivity contribution in [2.24, 2.45) is 5.92 Å². The van der Waals surface area contributed by atoms with Gasteiger partial charge in [-0.3, -0.25) is 0 Å². The van der Waals surface area contributed by atoms with Gasteiger partial charge in [0, 0.05) is 11.8 Å². The number of hydrogen-bond acceptors (Lipinski definition) is 1. The molecule has 0 amide bonds. The highest BCUT2D eigenvalue weighted by molar-refractivity contribution is 5.17. The van der Waals surface area contributed by atoms with Crippen molar-refractivity contribution < 1.29 is 17.6 Å². The lowest BCUT2D eigenvalue weighted by Crippen LogP contribution is -2.27. The van der Waals surface area contributed by atoms with Crippen LogP contribution in [0.25, 0.3) is 0 Å². The summed E-state index contributed by atoms with van der Waals surface area (Å²) in [6, 6.07) is 3.23. The van der Waals surface area contributed by atoms with E-state index in [1.807, 2.05) is 0 Å². The van der Waals surface area contributed by atoms with Crippen molar-refractivity contribution in [3.05, 3.63) is 29.8 Å². The number of hydrogen-bond donors (Lipinski definition) is 0. The average Bonchev–Trinajstić information content (AvgIpc) is 2.29. The van der Waals surface area contributed by atoms with Crippen molar-refractivity contribution in [3.8, 4) is 0 Å². The van der Waals surface area contributed by atoms with Crippen molar-refractivity contribution in [2.45, 2.75) is 37.8 Å². The molecule has 94 valence electrons. The van der Waals surface area contributed by atoms with Crippen LogP contribution in [0.3, 0.4) is 0 Å². The Hall–Kier alpha value is -1.13. The SMILES string of the molecule is Fc1ncccc1C1CCC(C(F)(F)F)CC1. The number of pyridine rings is 1. The normalized spacial score (nSPS) is 25.9. The fourth-order valence-electron chi connectivity index (χ4n) is 2.43. The van der Waals surface area contributed by atoms with Crippen LogP contribution in [0, 0.1) is 11.9 Å². The fourth-order valence-corrected chi connectivity index (χ4v) is 2.43. The van der Waals surface area contributed by atoms with E-state index in [-0.39, 0.29) is 18.8 Å². The molecule has 0 bridgehead atoms. The van der Waals surface area contributed by atoms with Crippen molar-refractivity contribution in [3.63, 3.8) is 0 Å². The molecule has 0 atom stereocenters. The molecule has 0 aliphatic heterocycles. The third kappa shape index (κ3) is 2.76. The van der Waals surface area contributed by atoms with Crippen LogP contribution >= 0.6 is 0 Å². The van der Waals surface area contributed by atoms with Crippen LogP contribution in [0.1, 0.15) is 37.2 Å². The quantitative estimate of drug-likeness (QED) is 0.538. The van der Waals surface area contributed by atoms with Crippen LogP contribution in [0.4, 0.5) is 17.6 Å². The van der Waals surface area contributed by atoms with Crippen LogP contribution in [0.5, 0.6) is 0 Å². The molecule has 17 heavy (non-hydrogen) atoms. The second-order valence-electron chi connectivity index (χ2n) is 4.47. The van der Waals surface area contributed by atoms with E-state index in [4.69, 9.17) is 0 Å². The van der Waals surface area contributed by atoms with Crippen molar-refractivity contribution in [2.75, 3.05) is 0 Å². The lowest BCUT2D eigenvalue weighted by atomic mass is 9.79. The minimum absolute atomic E-state index is 0.0858. The van der Waals surface area contributed by atoms with Gasteiger partial charge in [-0.05, 0) is 37.7 Å². The molecule has 0 aromatic carbocycles. The highest BCUT2D eigenvalue weighted by Crippen LogP contribution is 2.43. The number of nitrogens with zero attached hydrogens (tertiary/aromatic N) is 1. The predicted molar refractivity (Wildman–Crippen MR) is 54.9 cm³/mol. The van der Waals surface area contributed by atoms with Gasteiger partial charge in [-0.15, -0.1) is 0 Å². The molecule has 1 heterocycles. The molecule has 1 aliphatic carbocycles. The van der Waals surface area contributed by atoms with Crippen LogP contribution in [-0.4, -0.2) is 11.2 Å². The number of halogens is 4. The maximum atomic E-state index is 13.4. The van der Waals surface area contributed by atoms with Crippen molar-refractivity contribution in [1.29, 1.82) is 0 Å². The molecule has 2 rings (SSSR count). The summed E-state index contributed by atoms with van der Waals surface area (Å²) in [5.74, 6) is -1.90. The summed E-state index contributed by atoms with van der Waals surface area (Å²) in [5, 5.41) is 0. The number of alkyl halides is 3. The first kappa shape index (κ1) is 12.3. The summed E-state index contributed by atoms with van der Waals surface area (Å²) in [5.41, 5.74) is 0.452. The first-order valence-corrected chi connectivity index (χ1v) is 5.65. The Kier molecular flexibility index (Phi) is 3.35. The van der Waals surface area contributed by atoms with Crippen molar-refractivity contribution in [1.82, 2.24) is 4.98 Å². The van der Waals surface area contributed by atoms with Gasteiger partial charge < -0.3 is 0 Å². The van der Waals surface area contributed by atoms with Gasteiger partial charge in [0.05, 0.1) is 5.92 Å². The first-order chi connectivity index (χ1) is 7.98. The van der Waals surface area contributed by atoms with Crippen LogP contribution in [0.2, 0.25) is 0 Å². The summed E-state index contributed by atoms with van der Waals surface area (Å²) >= 11 is 0. The molecule has 1 aromatic heterocycles. The Morgan fingerprint density at radius 1 is 1.12 bits per heavy atom. The van der Waals surface area contributed by atoms with Crippen LogP contribution < -0.4 is 0 Å². The van der Waals surface area contributed by atoms with Gasteiger partial charge in [0.1, 0.15) is 0 Å². The second kappa shape index (κ2) is 4.63. The predicted octanol–water partition coefficient (Wildman–Crippen LogP) is 4.06. The van der Waals surface area contributed by atoms with Gasteiger partial charge in [-0.25, -0.2) is 4.98 Å². The van der Waals surface area contributed by atoms with Gasteiger partial charge in [-0.1, -0.05) is 6.07 Å². The van der Waals surface area contributed by atoms with Gasteiger partial charge in [-0.2, -0.15) is 17.6 Å². The number of rotatable bonds is 1. The zero-order chi connectivity index (χ0) is 12.5. The molecule has 1 nitrogen and oxygen atoms in total. The summed E-state index contributed by atoms with van der Waals surface area (Å²) in [6.07, 6.45) is -1.83. The Labute approximate surface area is 96.9 Å². The first-order valence-electron chi connectivity index (χ1n) is 5.65. The topological polar surface area (TPSA) is 12.9 Å². The Morgan fingerprint density at radius 3 is 2.29 bits per heavy atom. The number of aromatic nitrogens is 1. The lowest BCUT2D eigenvalue weighted by molar-refractivity contribution is -0.182. The Morgan fingerprint density at radius 2 is 1.76 bits per heavy atom. The van der Waals surface area contributed by atoms with Gasteiger partial charge in [0.2, 0.25) is 5.95 Å². The molecule has 0 spiro atoms. The third-order valence-corrected chi connectivity index (χ3v) is 3.42. The zero-order valence-corrected chi connectivity index (χ0v) is 9.17. The van der Waals surface area contributed by atoms with E-state index in [1.165, 1.54) is 6.20 Å². The molecular formula is C12H13F4N. The molecular weight excluding hydrogens is 234 g/mol. The molecule has 1 fully saturated rings. The summed E-state index contributed by atoms with van der Waals surface area (Å²) < 4.78 is 50.8. The van der Waals surface area contributed by atoms with E-state index in [0.717, 1.165) is 0 Å². The second-order valence-corrected chi connectivity index (χ2v) is 4.47. The minimum atomic E-state index is -4.11. The summed E-state index contributed by atoms with van der Waals surface area (Å²) in [4.78, 5) is 3.53. The molecule has 1 aromatic rings. The van der Waals surface area contributed by atoms with E-state index in [9.17, 15) is 17.6 Å². The smallest absolute Gasteiger partial charge is 0.228 e. The highest BCUT2D eigenvalue weighted by atomic mass is 19.4. The lowest BCUT2D eigenvalue weighted by Gasteiger charge is -2.29. The van der Waals surface area contributed by atoms with E-state index in [0.29, 0.717) is 18.4 Å². The third-order valence-electron chi connectivity index (χ3n) is 3.42. The standard InChI is InChI=1S/C12H13F4N/c13-11-10(2-1-7-17-11)8-3-5-9(6-4-8)12(14,15)16/h1-2,7-9H,3-6H2. The molecule has 1 saturated carbocycles. The van der Waals surface area contributed by atoms with E-state index < -0.39 is 18.0 Å². The van der Waals surface area contributed by atoms with E-state index in [2.05, 4.69) is 4.98 Å². The van der Waals surface area contributed by atoms with E-state index in [1.54, 1.807) is 12.1 Å². The van der Waals surface area contributed by atoms with Gasteiger partial charge >= 0.3 is 6.18 Å². The van der Waals surface area contributed by atoms with Gasteiger partial charge in [0.15, 0.2) is 0 Å².